The first-order valence-corrected chi connectivity index (χ1v) is 7.00. The highest BCUT2D eigenvalue weighted by molar-refractivity contribution is 5.97. The first kappa shape index (κ1) is 13.4. The highest BCUT2D eigenvalue weighted by Crippen LogP contribution is 2.32. The van der Waals surface area contributed by atoms with E-state index in [1.54, 1.807) is 4.90 Å². The Morgan fingerprint density at radius 3 is 2.95 bits per heavy atom. The van der Waals surface area contributed by atoms with Gasteiger partial charge in [-0.3, -0.25) is 9.69 Å². The number of carbonyl (C=O) groups is 1. The topological polar surface area (TPSA) is 54.5 Å². The molecule has 0 saturated carbocycles. The number of hydrogen-bond donors (Lipinski definition) is 1. The minimum Gasteiger partial charge on any atom is -0.482 e. The van der Waals surface area contributed by atoms with Crippen molar-refractivity contribution in [3.63, 3.8) is 0 Å². The number of benzene rings is 1. The maximum atomic E-state index is 12.1. The van der Waals surface area contributed by atoms with E-state index < -0.39 is 0 Å². The predicted octanol–water partition coefficient (Wildman–Crippen LogP) is 2.44. The minimum absolute atomic E-state index is 0.0515. The van der Waals surface area contributed by atoms with Crippen molar-refractivity contribution in [1.82, 2.24) is 4.98 Å². The van der Waals surface area contributed by atoms with Crippen LogP contribution in [0.15, 0.2) is 42.5 Å². The fourth-order valence-corrected chi connectivity index (χ4v) is 2.34. The molecule has 5 nitrogen and oxygen atoms in total. The number of nitrogens with zero attached hydrogens (tertiary/aromatic N) is 2. The molecule has 1 aromatic heterocycles. The van der Waals surface area contributed by atoms with Gasteiger partial charge in [0.15, 0.2) is 6.61 Å². The van der Waals surface area contributed by atoms with Crippen LogP contribution in [0.2, 0.25) is 0 Å². The molecular formula is C16H17N3O2. The van der Waals surface area contributed by atoms with Crippen molar-refractivity contribution in [2.24, 2.45) is 0 Å². The lowest BCUT2D eigenvalue weighted by molar-refractivity contribution is -0.121. The van der Waals surface area contributed by atoms with E-state index in [2.05, 4.69) is 10.3 Å². The fourth-order valence-electron chi connectivity index (χ4n) is 2.34. The summed E-state index contributed by atoms with van der Waals surface area (Å²) in [5.41, 5.74) is 1.64. The summed E-state index contributed by atoms with van der Waals surface area (Å²) in [6, 6.07) is 13.3. The van der Waals surface area contributed by atoms with Crippen molar-refractivity contribution in [2.45, 2.75) is 13.5 Å². The van der Waals surface area contributed by atoms with Crippen molar-refractivity contribution in [3.05, 3.63) is 48.2 Å². The molecule has 108 valence electrons. The van der Waals surface area contributed by atoms with Gasteiger partial charge in [0, 0.05) is 6.54 Å². The van der Waals surface area contributed by atoms with Crippen LogP contribution in [0.1, 0.15) is 12.6 Å². The van der Waals surface area contributed by atoms with Gasteiger partial charge in [0.25, 0.3) is 5.91 Å². The van der Waals surface area contributed by atoms with Crippen LogP contribution in [0.3, 0.4) is 0 Å². The Balaban J connectivity index is 1.87. The zero-order valence-corrected chi connectivity index (χ0v) is 11.9. The number of pyridine rings is 1. The van der Waals surface area contributed by atoms with Gasteiger partial charge in [-0.1, -0.05) is 18.2 Å². The highest BCUT2D eigenvalue weighted by atomic mass is 16.5. The van der Waals surface area contributed by atoms with Crippen LogP contribution in [0.5, 0.6) is 5.75 Å². The zero-order chi connectivity index (χ0) is 14.7. The summed E-state index contributed by atoms with van der Waals surface area (Å²) in [6.07, 6.45) is 0. The van der Waals surface area contributed by atoms with Gasteiger partial charge in [-0.05, 0) is 31.2 Å². The molecule has 0 unspecified atom stereocenters. The van der Waals surface area contributed by atoms with E-state index in [1.165, 1.54) is 0 Å². The van der Waals surface area contributed by atoms with Crippen LogP contribution in [0, 0.1) is 0 Å². The van der Waals surface area contributed by atoms with E-state index in [0.717, 1.165) is 29.5 Å². The second-order valence-electron chi connectivity index (χ2n) is 4.78. The van der Waals surface area contributed by atoms with Crippen LogP contribution >= 0.6 is 0 Å². The molecule has 1 aliphatic heterocycles. The number of amides is 1. The molecule has 2 aromatic rings. The van der Waals surface area contributed by atoms with Gasteiger partial charge in [0.05, 0.1) is 17.9 Å². The van der Waals surface area contributed by atoms with Gasteiger partial charge in [-0.25, -0.2) is 4.98 Å². The van der Waals surface area contributed by atoms with Crippen molar-refractivity contribution < 1.29 is 9.53 Å². The molecular weight excluding hydrogens is 266 g/mol. The number of para-hydroxylation sites is 2. The lowest BCUT2D eigenvalue weighted by atomic mass is 10.2. The van der Waals surface area contributed by atoms with Gasteiger partial charge in [-0.2, -0.15) is 0 Å². The lowest BCUT2D eigenvalue weighted by Crippen LogP contribution is -2.38. The third kappa shape index (κ3) is 2.81. The van der Waals surface area contributed by atoms with Crippen LogP contribution < -0.4 is 15.0 Å². The van der Waals surface area contributed by atoms with Crippen molar-refractivity contribution in [2.75, 3.05) is 23.4 Å². The summed E-state index contributed by atoms with van der Waals surface area (Å²) in [5, 5.41) is 3.18. The second kappa shape index (κ2) is 5.83. The Morgan fingerprint density at radius 2 is 2.10 bits per heavy atom. The fraction of sp³-hybridized carbons (Fsp3) is 0.250. The number of aromatic nitrogens is 1. The number of nitrogens with one attached hydrogen (secondary N) is 1. The van der Waals surface area contributed by atoms with Crippen molar-refractivity contribution in [3.8, 4) is 5.75 Å². The summed E-state index contributed by atoms with van der Waals surface area (Å²) >= 11 is 0. The molecule has 0 aliphatic carbocycles. The smallest absolute Gasteiger partial charge is 0.265 e. The van der Waals surface area contributed by atoms with Crippen molar-refractivity contribution >= 4 is 17.4 Å². The van der Waals surface area contributed by atoms with Crippen LogP contribution in [-0.2, 0) is 11.3 Å². The molecule has 0 saturated heterocycles. The minimum atomic E-state index is -0.0515. The Kier molecular flexibility index (Phi) is 3.73. The van der Waals surface area contributed by atoms with Crippen LogP contribution in [0.25, 0.3) is 0 Å². The SMILES string of the molecule is CCNc1cccc(CN2C(=O)COc3ccccc32)n1. The molecule has 1 N–H and O–H groups in total. The lowest BCUT2D eigenvalue weighted by Gasteiger charge is -2.29. The molecule has 0 spiro atoms. The number of anilines is 2. The summed E-state index contributed by atoms with van der Waals surface area (Å²) in [6.45, 7) is 3.36. The Labute approximate surface area is 123 Å². The largest absolute Gasteiger partial charge is 0.482 e. The number of carbonyl (C=O) groups excluding carboxylic acids is 1. The molecule has 21 heavy (non-hydrogen) atoms. The molecule has 1 aliphatic rings. The van der Waals surface area contributed by atoms with Gasteiger partial charge >= 0.3 is 0 Å². The van der Waals surface area contributed by atoms with Crippen LogP contribution in [0.4, 0.5) is 11.5 Å². The first-order chi connectivity index (χ1) is 10.3. The predicted molar refractivity (Wildman–Crippen MR) is 81.5 cm³/mol. The monoisotopic (exact) mass is 283 g/mol. The standard InChI is InChI=1S/C16H17N3O2/c1-2-17-15-9-5-6-12(18-15)10-19-13-7-3-4-8-14(13)21-11-16(19)20/h3-9H,2,10-11H2,1H3,(H,17,18). The molecule has 5 heteroatoms. The Morgan fingerprint density at radius 1 is 1.24 bits per heavy atom. The van der Waals surface area contributed by atoms with Gasteiger partial charge in [-0.15, -0.1) is 0 Å². The van der Waals surface area contributed by atoms with Crippen LogP contribution in [-0.4, -0.2) is 24.0 Å². The number of ether oxygens (including phenoxy) is 1. The van der Waals surface area contributed by atoms with E-state index in [9.17, 15) is 4.79 Å². The number of rotatable bonds is 4. The summed E-state index contributed by atoms with van der Waals surface area (Å²) < 4.78 is 5.44. The average molecular weight is 283 g/mol. The second-order valence-corrected chi connectivity index (χ2v) is 4.78. The average Bonchev–Trinajstić information content (AvgIpc) is 2.51. The van der Waals surface area contributed by atoms with Gasteiger partial charge < -0.3 is 10.1 Å². The third-order valence-electron chi connectivity index (χ3n) is 3.29. The van der Waals surface area contributed by atoms with E-state index in [0.29, 0.717) is 6.54 Å². The normalized spacial score (nSPS) is 13.6. The number of hydrogen-bond acceptors (Lipinski definition) is 4. The maximum absolute atomic E-state index is 12.1. The Hall–Kier alpha value is -2.56. The van der Waals surface area contributed by atoms with E-state index >= 15 is 0 Å². The van der Waals surface area contributed by atoms with E-state index in [1.807, 2.05) is 49.4 Å². The summed E-state index contributed by atoms with van der Waals surface area (Å²) in [4.78, 5) is 18.4. The quantitative estimate of drug-likeness (QED) is 0.936. The Bertz CT molecular complexity index is 657. The molecule has 1 aromatic carbocycles. The molecule has 0 fully saturated rings. The van der Waals surface area contributed by atoms with Gasteiger partial charge in [0.1, 0.15) is 11.6 Å². The molecule has 0 atom stereocenters. The van der Waals surface area contributed by atoms with Gasteiger partial charge in [0.2, 0.25) is 0 Å². The molecule has 0 radical (unpaired) electrons. The first-order valence-electron chi connectivity index (χ1n) is 7.00. The summed E-state index contributed by atoms with van der Waals surface area (Å²) in [7, 11) is 0. The molecule has 0 bridgehead atoms. The summed E-state index contributed by atoms with van der Waals surface area (Å²) in [5.74, 6) is 1.51. The maximum Gasteiger partial charge on any atom is 0.265 e. The molecule has 3 rings (SSSR count). The third-order valence-corrected chi connectivity index (χ3v) is 3.29. The van der Waals surface area contributed by atoms with E-state index in [4.69, 9.17) is 4.74 Å². The highest BCUT2D eigenvalue weighted by Gasteiger charge is 2.25. The zero-order valence-electron chi connectivity index (χ0n) is 11.9. The molecule has 2 heterocycles. The molecule has 1 amide bonds. The van der Waals surface area contributed by atoms with E-state index in [-0.39, 0.29) is 12.5 Å². The number of fused-ring (bicyclic) bond motifs is 1. The van der Waals surface area contributed by atoms with Crippen molar-refractivity contribution in [1.29, 1.82) is 0 Å².